The lowest BCUT2D eigenvalue weighted by Crippen LogP contribution is -2.11. The van der Waals surface area contributed by atoms with Gasteiger partial charge in [-0.2, -0.15) is 0 Å². The lowest BCUT2D eigenvalue weighted by Gasteiger charge is -2.14. The second kappa shape index (κ2) is 5.89. The molecule has 0 aliphatic rings. The number of halogens is 2. The standard InChI is InChI=1S/C15H15F2NO2S/c1-15(2,3)12-8-21-13(18-12)7-20-14-10(16)4-9(6-19)5-11(14)17/h4-6,8H,7H2,1-3H3. The van der Waals surface area contributed by atoms with Crippen LogP contribution in [0.15, 0.2) is 17.5 Å². The molecule has 0 aliphatic carbocycles. The van der Waals surface area contributed by atoms with E-state index in [1.54, 1.807) is 0 Å². The number of carbonyl (C=O) groups is 1. The van der Waals surface area contributed by atoms with Gasteiger partial charge in [-0.3, -0.25) is 4.79 Å². The van der Waals surface area contributed by atoms with E-state index in [1.165, 1.54) is 11.3 Å². The van der Waals surface area contributed by atoms with Crippen molar-refractivity contribution in [1.29, 1.82) is 0 Å². The first-order chi connectivity index (χ1) is 9.81. The fourth-order valence-corrected chi connectivity index (χ4v) is 2.57. The molecule has 2 rings (SSSR count). The number of hydrogen-bond acceptors (Lipinski definition) is 4. The van der Waals surface area contributed by atoms with E-state index >= 15 is 0 Å². The Labute approximate surface area is 125 Å². The van der Waals surface area contributed by atoms with Crippen LogP contribution in [0.3, 0.4) is 0 Å². The van der Waals surface area contributed by atoms with E-state index in [-0.39, 0.29) is 17.6 Å². The Balaban J connectivity index is 2.13. The average molecular weight is 311 g/mol. The first-order valence-electron chi connectivity index (χ1n) is 6.33. The average Bonchev–Trinajstić information content (AvgIpc) is 2.86. The van der Waals surface area contributed by atoms with Crippen molar-refractivity contribution in [1.82, 2.24) is 4.98 Å². The molecule has 0 amide bonds. The minimum absolute atomic E-state index is 0.0188. The lowest BCUT2D eigenvalue weighted by atomic mass is 9.93. The smallest absolute Gasteiger partial charge is 0.191 e. The van der Waals surface area contributed by atoms with Gasteiger partial charge in [-0.05, 0) is 12.1 Å². The highest BCUT2D eigenvalue weighted by Gasteiger charge is 2.18. The van der Waals surface area contributed by atoms with E-state index < -0.39 is 17.4 Å². The van der Waals surface area contributed by atoms with Gasteiger partial charge in [0.25, 0.3) is 0 Å². The number of thiazole rings is 1. The Hall–Kier alpha value is -1.82. The van der Waals surface area contributed by atoms with Crippen LogP contribution < -0.4 is 4.74 Å². The van der Waals surface area contributed by atoms with E-state index in [2.05, 4.69) is 4.98 Å². The van der Waals surface area contributed by atoms with Gasteiger partial charge in [-0.15, -0.1) is 11.3 Å². The summed E-state index contributed by atoms with van der Waals surface area (Å²) >= 11 is 1.38. The van der Waals surface area contributed by atoms with Gasteiger partial charge in [0.2, 0.25) is 0 Å². The SMILES string of the molecule is CC(C)(C)c1csc(COc2c(F)cc(C=O)cc2F)n1. The summed E-state index contributed by atoms with van der Waals surface area (Å²) in [6, 6.07) is 1.88. The first kappa shape index (κ1) is 15.6. The minimum Gasteiger partial charge on any atom is -0.480 e. The molecule has 6 heteroatoms. The summed E-state index contributed by atoms with van der Waals surface area (Å²) in [5, 5.41) is 2.54. The summed E-state index contributed by atoms with van der Waals surface area (Å²) in [6.45, 7) is 6.08. The van der Waals surface area contributed by atoms with E-state index in [0.29, 0.717) is 11.3 Å². The third kappa shape index (κ3) is 3.64. The maximum absolute atomic E-state index is 13.7. The van der Waals surface area contributed by atoms with Crippen LogP contribution in [0, 0.1) is 11.6 Å². The summed E-state index contributed by atoms with van der Waals surface area (Å²) < 4.78 is 32.5. The van der Waals surface area contributed by atoms with Crippen LogP contribution in [-0.4, -0.2) is 11.3 Å². The zero-order valence-electron chi connectivity index (χ0n) is 11.9. The quantitative estimate of drug-likeness (QED) is 0.798. The van der Waals surface area contributed by atoms with Gasteiger partial charge in [0, 0.05) is 16.4 Å². The van der Waals surface area contributed by atoms with Crippen LogP contribution in [0.4, 0.5) is 8.78 Å². The van der Waals surface area contributed by atoms with E-state index in [4.69, 9.17) is 4.74 Å². The number of aldehydes is 1. The Morgan fingerprint density at radius 1 is 1.29 bits per heavy atom. The molecule has 0 saturated heterocycles. The molecule has 1 aromatic carbocycles. The van der Waals surface area contributed by atoms with Crippen molar-refractivity contribution in [3.05, 3.63) is 45.4 Å². The van der Waals surface area contributed by atoms with Gasteiger partial charge in [0.1, 0.15) is 17.9 Å². The molecule has 1 aromatic heterocycles. The van der Waals surface area contributed by atoms with Crippen molar-refractivity contribution in [2.45, 2.75) is 32.8 Å². The van der Waals surface area contributed by atoms with E-state index in [0.717, 1.165) is 17.8 Å². The lowest BCUT2D eigenvalue weighted by molar-refractivity contribution is 0.112. The van der Waals surface area contributed by atoms with Crippen molar-refractivity contribution < 1.29 is 18.3 Å². The van der Waals surface area contributed by atoms with Gasteiger partial charge in [-0.1, -0.05) is 20.8 Å². The third-order valence-corrected chi connectivity index (χ3v) is 3.64. The maximum Gasteiger partial charge on any atom is 0.191 e. The van der Waals surface area contributed by atoms with Gasteiger partial charge < -0.3 is 4.74 Å². The number of nitrogens with zero attached hydrogens (tertiary/aromatic N) is 1. The predicted molar refractivity (Wildman–Crippen MR) is 76.9 cm³/mol. The highest BCUT2D eigenvalue weighted by atomic mass is 32.1. The third-order valence-electron chi connectivity index (χ3n) is 2.82. The summed E-state index contributed by atoms with van der Waals surface area (Å²) in [5.41, 5.74) is 0.751. The normalized spacial score (nSPS) is 11.5. The van der Waals surface area contributed by atoms with Gasteiger partial charge in [0.05, 0.1) is 5.69 Å². The highest BCUT2D eigenvalue weighted by molar-refractivity contribution is 7.09. The summed E-state index contributed by atoms with van der Waals surface area (Å²) in [7, 11) is 0. The molecular formula is C15H15F2NO2S. The summed E-state index contributed by atoms with van der Waals surface area (Å²) in [6.07, 6.45) is 0.381. The molecule has 21 heavy (non-hydrogen) atoms. The van der Waals surface area contributed by atoms with Crippen LogP contribution in [-0.2, 0) is 12.0 Å². The van der Waals surface area contributed by atoms with Gasteiger partial charge >= 0.3 is 0 Å². The van der Waals surface area contributed by atoms with Crippen molar-refractivity contribution in [2.75, 3.05) is 0 Å². The molecule has 0 spiro atoms. The molecule has 0 saturated carbocycles. The molecule has 0 fully saturated rings. The van der Waals surface area contributed by atoms with Crippen molar-refractivity contribution in [2.24, 2.45) is 0 Å². The fraction of sp³-hybridized carbons (Fsp3) is 0.333. The first-order valence-corrected chi connectivity index (χ1v) is 7.21. The topological polar surface area (TPSA) is 39.2 Å². The minimum atomic E-state index is -0.898. The van der Waals surface area contributed by atoms with Crippen molar-refractivity contribution in [3.63, 3.8) is 0 Å². The molecule has 112 valence electrons. The molecule has 1 heterocycles. The van der Waals surface area contributed by atoms with E-state index in [1.807, 2.05) is 26.2 Å². The molecule has 0 aliphatic heterocycles. The maximum atomic E-state index is 13.7. The van der Waals surface area contributed by atoms with Crippen molar-refractivity contribution in [3.8, 4) is 5.75 Å². The predicted octanol–water partition coefficient (Wildman–Crippen LogP) is 4.11. The Bertz CT molecular complexity index is 639. The summed E-state index contributed by atoms with van der Waals surface area (Å²) in [5.74, 6) is -2.29. The van der Waals surface area contributed by atoms with Crippen LogP contribution in [0.2, 0.25) is 0 Å². The Kier molecular flexibility index (Phi) is 4.37. The second-order valence-corrected chi connectivity index (χ2v) is 6.54. The number of carbonyl (C=O) groups excluding carboxylic acids is 1. The molecule has 0 atom stereocenters. The number of benzene rings is 1. The van der Waals surface area contributed by atoms with Crippen LogP contribution >= 0.6 is 11.3 Å². The molecule has 0 radical (unpaired) electrons. The van der Waals surface area contributed by atoms with Crippen LogP contribution in [0.1, 0.15) is 41.8 Å². The molecule has 3 nitrogen and oxygen atoms in total. The Morgan fingerprint density at radius 3 is 2.38 bits per heavy atom. The Morgan fingerprint density at radius 2 is 1.90 bits per heavy atom. The van der Waals surface area contributed by atoms with E-state index in [9.17, 15) is 13.6 Å². The number of ether oxygens (including phenoxy) is 1. The zero-order chi connectivity index (χ0) is 15.6. The summed E-state index contributed by atoms with van der Waals surface area (Å²) in [4.78, 5) is 14.9. The monoisotopic (exact) mass is 311 g/mol. The number of rotatable bonds is 4. The molecule has 0 N–H and O–H groups in total. The van der Waals surface area contributed by atoms with Crippen LogP contribution in [0.5, 0.6) is 5.75 Å². The van der Waals surface area contributed by atoms with Gasteiger partial charge in [-0.25, -0.2) is 13.8 Å². The zero-order valence-corrected chi connectivity index (χ0v) is 12.8. The van der Waals surface area contributed by atoms with Gasteiger partial charge in [0.15, 0.2) is 17.4 Å². The molecular weight excluding hydrogens is 296 g/mol. The highest BCUT2D eigenvalue weighted by Crippen LogP contribution is 2.27. The molecule has 0 bridgehead atoms. The largest absolute Gasteiger partial charge is 0.480 e. The van der Waals surface area contributed by atoms with Crippen molar-refractivity contribution >= 4 is 17.6 Å². The van der Waals surface area contributed by atoms with Crippen LogP contribution in [0.25, 0.3) is 0 Å². The molecule has 0 unspecified atom stereocenters. The molecule has 2 aromatic rings. The second-order valence-electron chi connectivity index (χ2n) is 5.60. The number of hydrogen-bond donors (Lipinski definition) is 0. The fourth-order valence-electron chi connectivity index (χ4n) is 1.64. The number of aromatic nitrogens is 1.